The van der Waals surface area contributed by atoms with Crippen molar-refractivity contribution >= 4 is 21.6 Å². The Balaban J connectivity index is 1.56. The van der Waals surface area contributed by atoms with Crippen molar-refractivity contribution in [3.63, 3.8) is 0 Å². The fourth-order valence-electron chi connectivity index (χ4n) is 3.95. The number of fused-ring (bicyclic) bond motifs is 2. The maximum atomic E-state index is 13.0. The average molecular weight is 416 g/mol. The highest BCUT2D eigenvalue weighted by Crippen LogP contribution is 2.35. The minimum Gasteiger partial charge on any atom is -0.486 e. The Morgan fingerprint density at radius 1 is 1.14 bits per heavy atom. The lowest BCUT2D eigenvalue weighted by Crippen LogP contribution is -2.33. The third-order valence-corrected chi connectivity index (χ3v) is 6.85. The van der Waals surface area contributed by atoms with Gasteiger partial charge in [-0.3, -0.25) is 4.79 Å². The van der Waals surface area contributed by atoms with Gasteiger partial charge in [-0.2, -0.15) is 0 Å². The molecular formula is C21H24N2O5S. The van der Waals surface area contributed by atoms with Crippen LogP contribution in [0.1, 0.15) is 37.9 Å². The van der Waals surface area contributed by atoms with Gasteiger partial charge in [-0.15, -0.1) is 0 Å². The molecule has 0 bridgehead atoms. The van der Waals surface area contributed by atoms with Gasteiger partial charge in [-0.25, -0.2) is 13.1 Å². The molecule has 0 saturated heterocycles. The molecule has 2 aliphatic rings. The zero-order chi connectivity index (χ0) is 20.8. The van der Waals surface area contributed by atoms with Gasteiger partial charge in [0.15, 0.2) is 11.5 Å². The Bertz CT molecular complexity index is 1070. The van der Waals surface area contributed by atoms with E-state index in [4.69, 9.17) is 9.47 Å². The number of rotatable bonds is 4. The normalized spacial score (nSPS) is 19.0. The maximum absolute atomic E-state index is 13.0. The van der Waals surface area contributed by atoms with Gasteiger partial charge in [0, 0.05) is 24.7 Å². The second-order valence-electron chi connectivity index (χ2n) is 7.48. The summed E-state index contributed by atoms with van der Waals surface area (Å²) in [6, 6.07) is 9.92. The second-order valence-corrected chi connectivity index (χ2v) is 9.19. The van der Waals surface area contributed by atoms with Crippen LogP contribution in [0, 0.1) is 0 Å². The summed E-state index contributed by atoms with van der Waals surface area (Å²) in [4.78, 5) is 13.8. The minimum absolute atomic E-state index is 0.0186. The SMILES string of the molecule is CC(=O)N1c2ccc(S(=O)(=O)N[C@H](C)c3ccc4c(c3)OCCO4)cc2C[C@@H]1C. The van der Waals surface area contributed by atoms with Crippen LogP contribution in [0.15, 0.2) is 41.3 Å². The van der Waals surface area contributed by atoms with E-state index in [0.29, 0.717) is 31.1 Å². The number of anilines is 1. The van der Waals surface area contributed by atoms with E-state index in [1.165, 1.54) is 6.92 Å². The first-order chi connectivity index (χ1) is 13.8. The number of carbonyl (C=O) groups excluding carboxylic acids is 1. The van der Waals surface area contributed by atoms with E-state index in [9.17, 15) is 13.2 Å². The van der Waals surface area contributed by atoms with Gasteiger partial charge in [0.25, 0.3) is 0 Å². The zero-order valence-electron chi connectivity index (χ0n) is 16.6. The van der Waals surface area contributed by atoms with E-state index in [1.54, 1.807) is 42.2 Å². The third-order valence-electron chi connectivity index (χ3n) is 5.31. The molecule has 0 fully saturated rings. The topological polar surface area (TPSA) is 84.9 Å². The average Bonchev–Trinajstić information content (AvgIpc) is 3.02. The van der Waals surface area contributed by atoms with Gasteiger partial charge >= 0.3 is 0 Å². The maximum Gasteiger partial charge on any atom is 0.241 e. The Morgan fingerprint density at radius 3 is 2.59 bits per heavy atom. The van der Waals surface area contributed by atoms with Crippen molar-refractivity contribution in [1.82, 2.24) is 4.72 Å². The summed E-state index contributed by atoms with van der Waals surface area (Å²) in [6.07, 6.45) is 0.635. The van der Waals surface area contributed by atoms with Crippen LogP contribution in [0.2, 0.25) is 0 Å². The lowest BCUT2D eigenvalue weighted by Gasteiger charge is -2.21. The first-order valence-electron chi connectivity index (χ1n) is 9.61. The first kappa shape index (κ1) is 19.7. The van der Waals surface area contributed by atoms with Crippen molar-refractivity contribution in [1.29, 1.82) is 0 Å². The van der Waals surface area contributed by atoms with Crippen molar-refractivity contribution in [3.05, 3.63) is 47.5 Å². The predicted molar refractivity (Wildman–Crippen MR) is 109 cm³/mol. The standard InChI is InChI=1S/C21H24N2O5S/c1-13-10-17-11-18(5-6-19(17)23(13)15(3)24)29(25,26)22-14(2)16-4-7-20-21(12-16)28-9-8-27-20/h4-7,11-14,22H,8-10H2,1-3H3/t13-,14+/m0/s1. The molecule has 154 valence electrons. The van der Waals surface area contributed by atoms with E-state index in [2.05, 4.69) is 4.72 Å². The first-order valence-corrected chi connectivity index (χ1v) is 11.1. The number of hydrogen-bond donors (Lipinski definition) is 1. The van der Waals surface area contributed by atoms with E-state index in [0.717, 1.165) is 16.8 Å². The molecule has 2 heterocycles. The number of ether oxygens (including phenoxy) is 2. The van der Waals surface area contributed by atoms with Gasteiger partial charge in [0.05, 0.1) is 4.90 Å². The molecule has 0 aliphatic carbocycles. The molecule has 1 N–H and O–H groups in total. The molecule has 0 aromatic heterocycles. The summed E-state index contributed by atoms with van der Waals surface area (Å²) in [7, 11) is -3.73. The van der Waals surface area contributed by atoms with E-state index < -0.39 is 16.1 Å². The third kappa shape index (κ3) is 3.70. The molecule has 7 nitrogen and oxygen atoms in total. The summed E-state index contributed by atoms with van der Waals surface area (Å²) in [5, 5.41) is 0. The van der Waals surface area contributed by atoms with Crippen molar-refractivity contribution in [2.45, 2.75) is 44.2 Å². The minimum atomic E-state index is -3.73. The van der Waals surface area contributed by atoms with Crippen LogP contribution in [0.5, 0.6) is 11.5 Å². The molecule has 2 aliphatic heterocycles. The molecule has 0 unspecified atom stereocenters. The molecule has 0 spiro atoms. The smallest absolute Gasteiger partial charge is 0.241 e. The highest BCUT2D eigenvalue weighted by atomic mass is 32.2. The largest absolute Gasteiger partial charge is 0.486 e. The fraction of sp³-hybridized carbons (Fsp3) is 0.381. The molecule has 2 aromatic carbocycles. The molecule has 29 heavy (non-hydrogen) atoms. The van der Waals surface area contributed by atoms with E-state index in [1.807, 2.05) is 13.0 Å². The quantitative estimate of drug-likeness (QED) is 0.829. The lowest BCUT2D eigenvalue weighted by atomic mass is 10.1. The van der Waals surface area contributed by atoms with Gasteiger partial charge in [0.1, 0.15) is 13.2 Å². The second kappa shape index (κ2) is 7.35. The Labute approximate surface area is 170 Å². The number of sulfonamides is 1. The summed E-state index contributed by atoms with van der Waals surface area (Å²) >= 11 is 0. The Hall–Kier alpha value is -2.58. The molecule has 8 heteroatoms. The van der Waals surface area contributed by atoms with Crippen LogP contribution in [0.4, 0.5) is 5.69 Å². The zero-order valence-corrected chi connectivity index (χ0v) is 17.5. The molecule has 0 radical (unpaired) electrons. The lowest BCUT2D eigenvalue weighted by molar-refractivity contribution is -0.116. The van der Waals surface area contributed by atoms with Crippen LogP contribution < -0.4 is 19.1 Å². The summed E-state index contributed by atoms with van der Waals surface area (Å²) in [5.74, 6) is 1.24. The van der Waals surface area contributed by atoms with Gasteiger partial charge in [-0.1, -0.05) is 6.07 Å². The summed E-state index contributed by atoms with van der Waals surface area (Å²) in [5.41, 5.74) is 2.43. The van der Waals surface area contributed by atoms with Crippen LogP contribution in [0.3, 0.4) is 0 Å². The number of carbonyl (C=O) groups is 1. The van der Waals surface area contributed by atoms with Crippen LogP contribution >= 0.6 is 0 Å². The summed E-state index contributed by atoms with van der Waals surface area (Å²) in [6.45, 7) is 6.24. The van der Waals surface area contributed by atoms with Crippen LogP contribution in [-0.4, -0.2) is 33.6 Å². The van der Waals surface area contributed by atoms with Crippen LogP contribution in [-0.2, 0) is 21.2 Å². The number of benzene rings is 2. The molecular weight excluding hydrogens is 392 g/mol. The molecule has 2 atom stereocenters. The number of amides is 1. The van der Waals surface area contributed by atoms with E-state index >= 15 is 0 Å². The van der Waals surface area contributed by atoms with Gasteiger partial charge in [0.2, 0.25) is 15.9 Å². The van der Waals surface area contributed by atoms with Crippen molar-refractivity contribution in [2.75, 3.05) is 18.1 Å². The Morgan fingerprint density at radius 2 is 1.86 bits per heavy atom. The molecule has 0 saturated carbocycles. The van der Waals surface area contributed by atoms with Crippen LogP contribution in [0.25, 0.3) is 0 Å². The monoisotopic (exact) mass is 416 g/mol. The highest BCUT2D eigenvalue weighted by molar-refractivity contribution is 7.89. The molecule has 1 amide bonds. The molecule has 4 rings (SSSR count). The number of nitrogens with one attached hydrogen (secondary N) is 1. The van der Waals surface area contributed by atoms with Crippen molar-refractivity contribution in [3.8, 4) is 11.5 Å². The van der Waals surface area contributed by atoms with Crippen molar-refractivity contribution in [2.24, 2.45) is 0 Å². The summed E-state index contributed by atoms with van der Waals surface area (Å²) < 4.78 is 39.7. The number of nitrogens with zero attached hydrogens (tertiary/aromatic N) is 1. The number of hydrogen-bond acceptors (Lipinski definition) is 5. The van der Waals surface area contributed by atoms with Gasteiger partial charge in [-0.05, 0) is 61.7 Å². The van der Waals surface area contributed by atoms with Crippen molar-refractivity contribution < 1.29 is 22.7 Å². The Kier molecular flexibility index (Phi) is 5.00. The van der Waals surface area contributed by atoms with E-state index in [-0.39, 0.29) is 16.8 Å². The predicted octanol–water partition coefficient (Wildman–Crippen LogP) is 2.79. The highest BCUT2D eigenvalue weighted by Gasteiger charge is 2.30. The molecule has 2 aromatic rings. The van der Waals surface area contributed by atoms with Gasteiger partial charge < -0.3 is 14.4 Å². The fourth-order valence-corrected chi connectivity index (χ4v) is 5.23.